The number of carbonyl (C=O) groups excluding carboxylic acids is 1. The smallest absolute Gasteiger partial charge is 0.262 e. The van der Waals surface area contributed by atoms with E-state index < -0.39 is 0 Å². The minimum Gasteiger partial charge on any atom is -0.497 e. The highest BCUT2D eigenvalue weighted by Crippen LogP contribution is 2.43. The molecule has 0 radical (unpaired) electrons. The van der Waals surface area contributed by atoms with Crippen LogP contribution in [0.1, 0.15) is 33.7 Å². The number of methoxy groups -OCH3 is 2. The fourth-order valence-corrected chi connectivity index (χ4v) is 6.00. The quantitative estimate of drug-likeness (QED) is 0.813. The Hall–Kier alpha value is -1.92. The number of rotatable bonds is 4. The van der Waals surface area contributed by atoms with E-state index in [9.17, 15) is 4.79 Å². The summed E-state index contributed by atoms with van der Waals surface area (Å²) in [6.07, 6.45) is 7.00. The first-order valence-corrected chi connectivity index (χ1v) is 10.5. The first kappa shape index (κ1) is 17.5. The second kappa shape index (κ2) is 7.37. The molecule has 136 valence electrons. The lowest BCUT2D eigenvalue weighted by atomic mass is 9.95. The van der Waals surface area contributed by atoms with Crippen LogP contribution in [0.15, 0.2) is 23.1 Å². The molecule has 2 aromatic rings. The zero-order chi connectivity index (χ0) is 18.1. The molecule has 1 amide bonds. The van der Waals surface area contributed by atoms with Crippen molar-refractivity contribution in [1.29, 1.82) is 0 Å². The number of amides is 1. The van der Waals surface area contributed by atoms with E-state index in [-0.39, 0.29) is 5.91 Å². The van der Waals surface area contributed by atoms with Crippen molar-refractivity contribution in [2.24, 2.45) is 0 Å². The summed E-state index contributed by atoms with van der Waals surface area (Å²) in [4.78, 5) is 16.3. The number of thiophene rings is 1. The molecule has 0 fully saturated rings. The molecule has 4 rings (SSSR count). The van der Waals surface area contributed by atoms with Crippen LogP contribution in [-0.2, 0) is 23.4 Å². The summed E-state index contributed by atoms with van der Waals surface area (Å²) < 4.78 is 10.6. The van der Waals surface area contributed by atoms with Crippen LogP contribution in [-0.4, -0.2) is 20.1 Å². The third-order valence-corrected chi connectivity index (χ3v) is 7.15. The van der Waals surface area contributed by atoms with Gasteiger partial charge < -0.3 is 14.8 Å². The predicted octanol–water partition coefficient (Wildman–Crippen LogP) is 4.87. The Balaban J connectivity index is 1.59. The van der Waals surface area contributed by atoms with Gasteiger partial charge in [-0.25, -0.2) is 0 Å². The molecule has 0 unspecified atom stereocenters. The number of carbonyl (C=O) groups is 1. The molecule has 0 spiro atoms. The van der Waals surface area contributed by atoms with Gasteiger partial charge in [0.1, 0.15) is 11.5 Å². The summed E-state index contributed by atoms with van der Waals surface area (Å²) in [5.74, 6) is 2.08. The van der Waals surface area contributed by atoms with E-state index >= 15 is 0 Å². The van der Waals surface area contributed by atoms with Crippen LogP contribution in [0.4, 0.5) is 5.69 Å². The van der Waals surface area contributed by atoms with E-state index in [1.54, 1.807) is 43.7 Å². The second-order valence-electron chi connectivity index (χ2n) is 6.37. The topological polar surface area (TPSA) is 47.6 Å². The van der Waals surface area contributed by atoms with Crippen molar-refractivity contribution in [3.05, 3.63) is 44.0 Å². The van der Waals surface area contributed by atoms with Crippen LogP contribution in [0.2, 0.25) is 0 Å². The number of thioether (sulfide) groups is 1. The number of nitrogens with one attached hydrogen (secondary N) is 1. The van der Waals surface area contributed by atoms with Crippen LogP contribution in [0.25, 0.3) is 6.08 Å². The number of hydrogen-bond donors (Lipinski definition) is 1. The molecule has 0 bridgehead atoms. The molecule has 26 heavy (non-hydrogen) atoms. The first-order valence-electron chi connectivity index (χ1n) is 8.71. The normalized spacial score (nSPS) is 15.5. The van der Waals surface area contributed by atoms with Gasteiger partial charge in [0.25, 0.3) is 5.91 Å². The highest BCUT2D eigenvalue weighted by atomic mass is 32.2. The lowest BCUT2D eigenvalue weighted by Crippen LogP contribution is -2.15. The van der Waals surface area contributed by atoms with Crippen molar-refractivity contribution in [2.45, 2.75) is 31.4 Å². The van der Waals surface area contributed by atoms with Gasteiger partial charge in [-0.15, -0.1) is 23.1 Å². The molecule has 6 heteroatoms. The third-order valence-electron chi connectivity index (χ3n) is 4.82. The minimum absolute atomic E-state index is 0.0985. The Morgan fingerprint density at radius 2 is 1.96 bits per heavy atom. The van der Waals surface area contributed by atoms with Crippen molar-refractivity contribution in [3.8, 4) is 11.5 Å². The van der Waals surface area contributed by atoms with Crippen LogP contribution >= 0.6 is 23.1 Å². The molecule has 2 aliphatic rings. The fourth-order valence-electron chi connectivity index (χ4n) is 3.46. The molecule has 1 aromatic heterocycles. The van der Waals surface area contributed by atoms with Crippen molar-refractivity contribution < 1.29 is 14.3 Å². The maximum atomic E-state index is 12.8. The molecular formula is C20H21NO3S2. The van der Waals surface area contributed by atoms with E-state index in [1.807, 2.05) is 17.4 Å². The molecule has 2 heterocycles. The monoisotopic (exact) mass is 387 g/mol. The van der Waals surface area contributed by atoms with E-state index in [4.69, 9.17) is 9.47 Å². The first-order chi connectivity index (χ1) is 12.7. The molecule has 1 N–H and O–H groups in total. The molecule has 0 saturated carbocycles. The number of fused-ring (bicyclic) bond motifs is 3. The number of aryl methyl sites for hydroxylation is 1. The minimum atomic E-state index is -0.0985. The van der Waals surface area contributed by atoms with Gasteiger partial charge in [0.05, 0.1) is 24.8 Å². The van der Waals surface area contributed by atoms with Crippen LogP contribution in [0.3, 0.4) is 0 Å². The highest BCUT2D eigenvalue weighted by molar-refractivity contribution is 8.03. The molecule has 1 aliphatic carbocycles. The Morgan fingerprint density at radius 1 is 1.12 bits per heavy atom. The maximum Gasteiger partial charge on any atom is 0.262 e. The maximum absolute atomic E-state index is 12.8. The summed E-state index contributed by atoms with van der Waals surface area (Å²) in [5.41, 5.74) is 3.62. The van der Waals surface area contributed by atoms with Crippen molar-refractivity contribution >= 4 is 40.8 Å². The number of anilines is 1. The number of hydrogen-bond acceptors (Lipinski definition) is 5. The van der Waals surface area contributed by atoms with Crippen molar-refractivity contribution in [3.63, 3.8) is 0 Å². The van der Waals surface area contributed by atoms with Gasteiger partial charge in [-0.05, 0) is 55.0 Å². The Labute approximate surface area is 161 Å². The molecule has 1 aromatic carbocycles. The Bertz CT molecular complexity index is 885. The zero-order valence-corrected chi connectivity index (χ0v) is 16.5. The van der Waals surface area contributed by atoms with Gasteiger partial charge in [0.2, 0.25) is 0 Å². The molecule has 0 saturated heterocycles. The standard InChI is InChI=1S/C20H21NO3S2/c1-23-12-7-8-16(24-2)15(9-12)21-20(22)19-10-18-14(11-25-19)13-5-3-4-6-17(13)26-18/h7-10H,3-6,11H2,1-2H3,(H,21,22). The Kier molecular flexibility index (Phi) is 4.96. The average molecular weight is 388 g/mol. The second-order valence-corrected chi connectivity index (χ2v) is 8.53. The molecule has 4 nitrogen and oxygen atoms in total. The lowest BCUT2D eigenvalue weighted by molar-refractivity contribution is -0.112. The van der Waals surface area contributed by atoms with E-state index in [1.165, 1.54) is 41.0 Å². The van der Waals surface area contributed by atoms with Gasteiger partial charge >= 0.3 is 0 Å². The zero-order valence-electron chi connectivity index (χ0n) is 14.9. The summed E-state index contributed by atoms with van der Waals surface area (Å²) in [6.45, 7) is 0. The predicted molar refractivity (Wildman–Crippen MR) is 108 cm³/mol. The van der Waals surface area contributed by atoms with Gasteiger partial charge in [-0.1, -0.05) is 0 Å². The van der Waals surface area contributed by atoms with E-state index in [0.717, 1.165) is 10.7 Å². The van der Waals surface area contributed by atoms with Crippen molar-refractivity contribution in [1.82, 2.24) is 0 Å². The van der Waals surface area contributed by atoms with E-state index in [0.29, 0.717) is 17.2 Å². The Morgan fingerprint density at radius 3 is 2.77 bits per heavy atom. The highest BCUT2D eigenvalue weighted by Gasteiger charge is 2.25. The van der Waals surface area contributed by atoms with Gasteiger partial charge in [0.15, 0.2) is 0 Å². The van der Waals surface area contributed by atoms with Crippen molar-refractivity contribution in [2.75, 3.05) is 19.5 Å². The molecule has 0 atom stereocenters. The lowest BCUT2D eigenvalue weighted by Gasteiger charge is -2.17. The van der Waals surface area contributed by atoms with Gasteiger partial charge in [-0.3, -0.25) is 4.79 Å². The fraction of sp³-hybridized carbons (Fsp3) is 0.350. The number of ether oxygens (including phenoxy) is 2. The number of benzene rings is 1. The van der Waals surface area contributed by atoms with Crippen LogP contribution in [0.5, 0.6) is 11.5 Å². The average Bonchev–Trinajstić information content (AvgIpc) is 3.05. The van der Waals surface area contributed by atoms with Crippen LogP contribution < -0.4 is 14.8 Å². The third kappa shape index (κ3) is 3.23. The summed E-state index contributed by atoms with van der Waals surface area (Å²) >= 11 is 3.48. The SMILES string of the molecule is COc1ccc(OC)c(NC(=O)C2=Cc3sc4c(c3CS2)CCCC4)c1. The largest absolute Gasteiger partial charge is 0.497 e. The summed E-state index contributed by atoms with van der Waals surface area (Å²) in [6, 6.07) is 5.38. The summed E-state index contributed by atoms with van der Waals surface area (Å²) in [5, 5.41) is 2.97. The van der Waals surface area contributed by atoms with Gasteiger partial charge in [0, 0.05) is 21.6 Å². The van der Waals surface area contributed by atoms with E-state index in [2.05, 4.69) is 11.4 Å². The summed E-state index contributed by atoms with van der Waals surface area (Å²) in [7, 11) is 3.20. The van der Waals surface area contributed by atoms with Crippen LogP contribution in [0, 0.1) is 0 Å². The molecule has 1 aliphatic heterocycles. The van der Waals surface area contributed by atoms with Gasteiger partial charge in [-0.2, -0.15) is 0 Å². The molecular weight excluding hydrogens is 366 g/mol.